The van der Waals surface area contributed by atoms with Gasteiger partial charge in [-0.05, 0) is 46.8 Å². The lowest BCUT2D eigenvalue weighted by Gasteiger charge is -2.48. The maximum Gasteiger partial charge on any atom is 0.126 e. The first-order chi connectivity index (χ1) is 9.65. The number of hydrogen-bond donors (Lipinski definition) is 1. The molecule has 1 atom stereocenters. The second-order valence-electron chi connectivity index (χ2n) is 7.05. The Morgan fingerprint density at radius 2 is 1.76 bits per heavy atom. The summed E-state index contributed by atoms with van der Waals surface area (Å²) in [5.41, 5.74) is 1.39. The van der Waals surface area contributed by atoms with Crippen molar-refractivity contribution >= 4 is 5.69 Å². The lowest BCUT2D eigenvalue weighted by atomic mass is 9.96. The minimum atomic E-state index is -0.579. The molecule has 1 N–H and O–H groups in total. The van der Waals surface area contributed by atoms with Crippen LogP contribution in [0.15, 0.2) is 18.2 Å². The van der Waals surface area contributed by atoms with E-state index in [1.54, 1.807) is 14.0 Å². The van der Waals surface area contributed by atoms with Crippen molar-refractivity contribution < 1.29 is 14.6 Å². The van der Waals surface area contributed by atoms with Crippen LogP contribution in [-0.2, 0) is 4.74 Å². The van der Waals surface area contributed by atoms with E-state index in [4.69, 9.17) is 9.47 Å². The Labute approximate surface area is 127 Å². The van der Waals surface area contributed by atoms with E-state index in [-0.39, 0.29) is 11.2 Å². The number of aliphatic hydroxyl groups is 1. The van der Waals surface area contributed by atoms with Gasteiger partial charge in [0.15, 0.2) is 0 Å². The van der Waals surface area contributed by atoms with Crippen LogP contribution < -0.4 is 9.64 Å². The Morgan fingerprint density at radius 1 is 1.19 bits per heavy atom. The fraction of sp³-hybridized carbons (Fsp3) is 0.647. The van der Waals surface area contributed by atoms with Crippen LogP contribution in [0.2, 0.25) is 0 Å². The van der Waals surface area contributed by atoms with Gasteiger partial charge in [-0.3, -0.25) is 0 Å². The summed E-state index contributed by atoms with van der Waals surface area (Å²) in [5, 5.41) is 10.2. The van der Waals surface area contributed by atoms with Gasteiger partial charge in [-0.25, -0.2) is 0 Å². The molecule has 1 aliphatic heterocycles. The smallest absolute Gasteiger partial charge is 0.126 e. The zero-order valence-corrected chi connectivity index (χ0v) is 13.9. The molecule has 4 nitrogen and oxygen atoms in total. The predicted octanol–water partition coefficient (Wildman–Crippen LogP) is 3.14. The van der Waals surface area contributed by atoms with Crippen molar-refractivity contribution in [2.45, 2.75) is 51.9 Å². The highest BCUT2D eigenvalue weighted by Crippen LogP contribution is 2.38. The van der Waals surface area contributed by atoms with E-state index in [1.165, 1.54) is 0 Å². The third-order valence-electron chi connectivity index (χ3n) is 3.72. The van der Waals surface area contributed by atoms with Gasteiger partial charge in [-0.1, -0.05) is 6.07 Å². The van der Waals surface area contributed by atoms with Crippen LogP contribution in [-0.4, -0.2) is 36.5 Å². The molecule has 1 aromatic rings. The maximum absolute atomic E-state index is 10.2. The Bertz CT molecular complexity index is 493. The number of hydrogen-bond acceptors (Lipinski definition) is 4. The normalized spacial score (nSPS) is 22.0. The highest BCUT2D eigenvalue weighted by atomic mass is 16.5. The minimum absolute atomic E-state index is 0.235. The summed E-state index contributed by atoms with van der Waals surface area (Å²) < 4.78 is 11.6. The van der Waals surface area contributed by atoms with Crippen LogP contribution in [0.3, 0.4) is 0 Å². The van der Waals surface area contributed by atoms with Crippen LogP contribution in [0.5, 0.6) is 5.75 Å². The first-order valence-corrected chi connectivity index (χ1v) is 7.45. The molecule has 4 heteroatoms. The van der Waals surface area contributed by atoms with E-state index in [0.717, 1.165) is 30.1 Å². The predicted molar refractivity (Wildman–Crippen MR) is 85.1 cm³/mol. The molecule has 0 unspecified atom stereocenters. The number of aliphatic hydroxyl groups excluding tert-OH is 1. The second kappa shape index (κ2) is 5.50. The molecule has 1 fully saturated rings. The van der Waals surface area contributed by atoms with Crippen molar-refractivity contribution in [2.75, 3.05) is 25.1 Å². The standard InChI is InChI=1S/C17H27NO3/c1-12(19)15-13(8-7-9-14(15)20-6)18-10-16(2,3)21-17(4,5)11-18/h7-9,12,19H,10-11H2,1-6H3/t12-/m0/s1. The molecule has 0 amide bonds. The molecule has 1 aliphatic rings. The monoisotopic (exact) mass is 293 g/mol. The lowest BCUT2D eigenvalue weighted by molar-refractivity contribution is -0.133. The fourth-order valence-electron chi connectivity index (χ4n) is 3.36. The van der Waals surface area contributed by atoms with Crippen molar-refractivity contribution in [2.24, 2.45) is 0 Å². The van der Waals surface area contributed by atoms with Gasteiger partial charge in [0.1, 0.15) is 5.75 Å². The SMILES string of the molecule is COc1cccc(N2CC(C)(C)OC(C)(C)C2)c1[C@H](C)O. The number of anilines is 1. The van der Waals surface area contributed by atoms with E-state index in [9.17, 15) is 5.11 Å². The quantitative estimate of drug-likeness (QED) is 0.929. The minimum Gasteiger partial charge on any atom is -0.496 e. The van der Waals surface area contributed by atoms with Gasteiger partial charge >= 0.3 is 0 Å². The van der Waals surface area contributed by atoms with Gasteiger partial charge in [-0.15, -0.1) is 0 Å². The van der Waals surface area contributed by atoms with Gasteiger partial charge in [-0.2, -0.15) is 0 Å². The summed E-state index contributed by atoms with van der Waals surface area (Å²) in [6.07, 6.45) is -0.579. The van der Waals surface area contributed by atoms with E-state index in [2.05, 4.69) is 32.6 Å². The molecule has 0 spiro atoms. The van der Waals surface area contributed by atoms with Gasteiger partial charge in [0.25, 0.3) is 0 Å². The third-order valence-corrected chi connectivity index (χ3v) is 3.72. The van der Waals surface area contributed by atoms with E-state index in [0.29, 0.717) is 0 Å². The van der Waals surface area contributed by atoms with Gasteiger partial charge < -0.3 is 19.5 Å². The van der Waals surface area contributed by atoms with Gasteiger partial charge in [0, 0.05) is 24.3 Å². The molecular formula is C17H27NO3. The molecule has 21 heavy (non-hydrogen) atoms. The molecule has 118 valence electrons. The number of morpholine rings is 1. The summed E-state index contributed by atoms with van der Waals surface area (Å²) in [6.45, 7) is 11.7. The third kappa shape index (κ3) is 3.50. The van der Waals surface area contributed by atoms with Crippen LogP contribution in [0, 0.1) is 0 Å². The number of methoxy groups -OCH3 is 1. The molecule has 0 aliphatic carbocycles. The Kier molecular flexibility index (Phi) is 4.22. The molecular weight excluding hydrogens is 266 g/mol. The number of nitrogens with zero attached hydrogens (tertiary/aromatic N) is 1. The highest BCUT2D eigenvalue weighted by Gasteiger charge is 2.39. The van der Waals surface area contributed by atoms with E-state index in [1.807, 2.05) is 18.2 Å². The first kappa shape index (κ1) is 16.1. The highest BCUT2D eigenvalue weighted by molar-refractivity contribution is 5.61. The Morgan fingerprint density at radius 3 is 2.24 bits per heavy atom. The van der Waals surface area contributed by atoms with Gasteiger partial charge in [0.05, 0.1) is 24.4 Å². The van der Waals surface area contributed by atoms with Crippen molar-refractivity contribution in [3.8, 4) is 5.75 Å². The first-order valence-electron chi connectivity index (χ1n) is 7.45. The number of rotatable bonds is 3. The average Bonchev–Trinajstić information content (AvgIpc) is 2.33. The molecule has 2 rings (SSSR count). The average molecular weight is 293 g/mol. The van der Waals surface area contributed by atoms with Crippen molar-refractivity contribution in [1.29, 1.82) is 0 Å². The maximum atomic E-state index is 10.2. The second-order valence-corrected chi connectivity index (χ2v) is 7.05. The molecule has 0 aromatic heterocycles. The largest absolute Gasteiger partial charge is 0.496 e. The molecule has 1 aromatic carbocycles. The van der Waals surface area contributed by atoms with E-state index >= 15 is 0 Å². The van der Waals surface area contributed by atoms with Gasteiger partial charge in [0.2, 0.25) is 0 Å². The molecule has 0 bridgehead atoms. The topological polar surface area (TPSA) is 41.9 Å². The molecule has 0 radical (unpaired) electrons. The summed E-state index contributed by atoms with van der Waals surface area (Å²) in [4.78, 5) is 2.29. The summed E-state index contributed by atoms with van der Waals surface area (Å²) in [6, 6.07) is 5.90. The fourth-order valence-corrected chi connectivity index (χ4v) is 3.36. The van der Waals surface area contributed by atoms with Crippen molar-refractivity contribution in [3.05, 3.63) is 23.8 Å². The van der Waals surface area contributed by atoms with Crippen molar-refractivity contribution in [3.63, 3.8) is 0 Å². The van der Waals surface area contributed by atoms with Crippen molar-refractivity contribution in [1.82, 2.24) is 0 Å². The number of benzene rings is 1. The van der Waals surface area contributed by atoms with E-state index < -0.39 is 6.10 Å². The Balaban J connectivity index is 2.46. The summed E-state index contributed by atoms with van der Waals surface area (Å²) in [5.74, 6) is 0.726. The Hall–Kier alpha value is -1.26. The van der Waals surface area contributed by atoms with Crippen LogP contribution >= 0.6 is 0 Å². The number of ether oxygens (including phenoxy) is 2. The van der Waals surface area contributed by atoms with Crippen LogP contribution in [0.25, 0.3) is 0 Å². The molecule has 1 heterocycles. The van der Waals surface area contributed by atoms with Crippen LogP contribution in [0.1, 0.15) is 46.3 Å². The molecule has 0 saturated carbocycles. The van der Waals surface area contributed by atoms with Crippen LogP contribution in [0.4, 0.5) is 5.69 Å². The zero-order chi connectivity index (χ0) is 15.8. The zero-order valence-electron chi connectivity index (χ0n) is 13.9. The lowest BCUT2D eigenvalue weighted by Crippen LogP contribution is -2.57. The summed E-state index contributed by atoms with van der Waals surface area (Å²) >= 11 is 0. The molecule has 1 saturated heterocycles. The summed E-state index contributed by atoms with van der Waals surface area (Å²) in [7, 11) is 1.64.